The van der Waals surface area contributed by atoms with Crippen molar-refractivity contribution in [1.82, 2.24) is 5.16 Å². The molecule has 1 aromatic heterocycles. The molecule has 0 spiro atoms. The van der Waals surface area contributed by atoms with E-state index in [0.717, 1.165) is 0 Å². The maximum Gasteiger partial charge on any atom is 0.123 e. The van der Waals surface area contributed by atoms with Crippen LogP contribution in [0.2, 0.25) is 0 Å². The van der Waals surface area contributed by atoms with Gasteiger partial charge in [-0.25, -0.2) is 0 Å². The molecule has 0 saturated carbocycles. The number of hydrogen-bond acceptors (Lipinski definition) is 2. The first-order valence-corrected chi connectivity index (χ1v) is 5.41. The molecule has 1 heterocycles. The van der Waals surface area contributed by atoms with Crippen molar-refractivity contribution in [2.24, 2.45) is 0 Å². The monoisotopic (exact) mass is 223 g/mol. The van der Waals surface area contributed by atoms with E-state index in [0.29, 0.717) is 0 Å². The molecule has 0 atom stereocenters. The van der Waals surface area contributed by atoms with Crippen LogP contribution in [0.5, 0.6) is 0 Å². The molecule has 84 valence electrons. The summed E-state index contributed by atoms with van der Waals surface area (Å²) in [6.45, 7) is 0. The van der Waals surface area contributed by atoms with Crippen LogP contribution in [-0.4, -0.2) is 5.16 Å². The van der Waals surface area contributed by atoms with Gasteiger partial charge in [0.15, 0.2) is 0 Å². The molecule has 3 aromatic rings. The largest absolute Gasteiger partial charge is 0.365 e. The van der Waals surface area contributed by atoms with Crippen molar-refractivity contribution in [2.45, 2.75) is 0 Å². The van der Waals surface area contributed by atoms with Crippen LogP contribution in [0.3, 0.4) is 0 Å². The molecule has 0 aliphatic heterocycles. The molecule has 0 radical (unpaired) electrons. The zero-order chi connectivity index (χ0) is 11.8. The molecule has 0 unspecified atom stereocenters. The Morgan fingerprint density at radius 1 is 0.647 bits per heavy atom. The highest BCUT2D eigenvalue weighted by Gasteiger charge is 1.91. The van der Waals surface area contributed by atoms with Gasteiger partial charge in [-0.3, -0.25) is 0 Å². The predicted molar refractivity (Wildman–Crippen MR) is 68.4 cm³/mol. The first-order valence-electron chi connectivity index (χ1n) is 5.41. The van der Waals surface area contributed by atoms with Crippen molar-refractivity contribution in [3.05, 3.63) is 79.2 Å². The Morgan fingerprint density at radius 2 is 1.18 bits per heavy atom. The van der Waals surface area contributed by atoms with Gasteiger partial charge < -0.3 is 4.52 Å². The van der Waals surface area contributed by atoms with Crippen LogP contribution >= 0.6 is 0 Å². The van der Waals surface area contributed by atoms with Crippen LogP contribution in [0.15, 0.2) is 83.7 Å². The Kier molecular flexibility index (Phi) is 4.12. The Hall–Kier alpha value is -2.35. The van der Waals surface area contributed by atoms with Crippen LogP contribution in [0.4, 0.5) is 0 Å². The molecule has 0 aliphatic carbocycles. The van der Waals surface area contributed by atoms with Gasteiger partial charge >= 0.3 is 0 Å². The topological polar surface area (TPSA) is 26.0 Å². The summed E-state index contributed by atoms with van der Waals surface area (Å²) in [4.78, 5) is 0. The predicted octanol–water partition coefficient (Wildman–Crippen LogP) is 4.03. The molecule has 0 bridgehead atoms. The SMILES string of the molecule is c1ccc(-c2ccccc2)cc1.c1cnoc1. The quantitative estimate of drug-likeness (QED) is 0.622. The lowest BCUT2D eigenvalue weighted by atomic mass is 10.1. The van der Waals surface area contributed by atoms with Crippen molar-refractivity contribution < 1.29 is 4.52 Å². The highest BCUT2D eigenvalue weighted by Crippen LogP contribution is 2.17. The van der Waals surface area contributed by atoms with Gasteiger partial charge in [0, 0.05) is 0 Å². The number of hydrogen-bond donors (Lipinski definition) is 0. The molecule has 2 aromatic carbocycles. The minimum absolute atomic E-state index is 1.28. The fraction of sp³-hybridized carbons (Fsp3) is 0. The summed E-state index contributed by atoms with van der Waals surface area (Å²) in [5.41, 5.74) is 2.55. The van der Waals surface area contributed by atoms with Gasteiger partial charge in [-0.15, -0.1) is 0 Å². The zero-order valence-corrected chi connectivity index (χ0v) is 9.36. The Bertz CT molecular complexity index is 448. The van der Waals surface area contributed by atoms with E-state index < -0.39 is 0 Å². The summed E-state index contributed by atoms with van der Waals surface area (Å²) in [6.07, 6.45) is 3.10. The highest BCUT2D eigenvalue weighted by atomic mass is 16.5. The Morgan fingerprint density at radius 3 is 1.47 bits per heavy atom. The molecule has 0 fully saturated rings. The van der Waals surface area contributed by atoms with Crippen LogP contribution in [0.25, 0.3) is 11.1 Å². The van der Waals surface area contributed by atoms with Crippen LogP contribution in [0, 0.1) is 0 Å². The second-order valence-electron chi connectivity index (χ2n) is 3.42. The minimum Gasteiger partial charge on any atom is -0.365 e. The molecule has 2 heteroatoms. The Labute approximate surface area is 101 Å². The van der Waals surface area contributed by atoms with Gasteiger partial charge in [0.25, 0.3) is 0 Å². The highest BCUT2D eigenvalue weighted by molar-refractivity contribution is 5.62. The molecular weight excluding hydrogens is 210 g/mol. The van der Waals surface area contributed by atoms with E-state index in [-0.39, 0.29) is 0 Å². The standard InChI is InChI=1S/C12H10.C3H3NO/c1-3-7-11(8-4-1)12-9-5-2-6-10-12;1-2-4-5-3-1/h1-10H;1-3H. The van der Waals surface area contributed by atoms with Crippen molar-refractivity contribution in [3.63, 3.8) is 0 Å². The lowest BCUT2D eigenvalue weighted by Gasteiger charge is -1.98. The van der Waals surface area contributed by atoms with Crippen molar-refractivity contribution in [1.29, 1.82) is 0 Å². The van der Waals surface area contributed by atoms with Gasteiger partial charge in [0.1, 0.15) is 6.26 Å². The van der Waals surface area contributed by atoms with E-state index in [1.165, 1.54) is 17.4 Å². The second kappa shape index (κ2) is 6.28. The van der Waals surface area contributed by atoms with E-state index in [2.05, 4.69) is 58.2 Å². The smallest absolute Gasteiger partial charge is 0.123 e. The van der Waals surface area contributed by atoms with Gasteiger partial charge in [-0.05, 0) is 17.2 Å². The molecule has 0 aliphatic rings. The van der Waals surface area contributed by atoms with E-state index in [9.17, 15) is 0 Å². The fourth-order valence-corrected chi connectivity index (χ4v) is 1.44. The van der Waals surface area contributed by atoms with Crippen molar-refractivity contribution in [2.75, 3.05) is 0 Å². The van der Waals surface area contributed by atoms with E-state index in [1.807, 2.05) is 12.1 Å². The molecule has 17 heavy (non-hydrogen) atoms. The number of aromatic nitrogens is 1. The lowest BCUT2D eigenvalue weighted by molar-refractivity contribution is 0.420. The van der Waals surface area contributed by atoms with Gasteiger partial charge in [0.05, 0.1) is 6.20 Å². The third kappa shape index (κ3) is 3.61. The maximum absolute atomic E-state index is 4.33. The molecule has 2 nitrogen and oxygen atoms in total. The molecule has 0 amide bonds. The molecule has 0 saturated heterocycles. The average molecular weight is 223 g/mol. The van der Waals surface area contributed by atoms with E-state index in [4.69, 9.17) is 0 Å². The fourth-order valence-electron chi connectivity index (χ4n) is 1.44. The minimum atomic E-state index is 1.28. The summed E-state index contributed by atoms with van der Waals surface area (Å²) < 4.78 is 4.33. The average Bonchev–Trinajstić information content (AvgIpc) is 3.00. The normalized spacial score (nSPS) is 9.18. The third-order valence-electron chi connectivity index (χ3n) is 2.23. The number of nitrogens with zero attached hydrogens (tertiary/aromatic N) is 1. The molecule has 3 rings (SSSR count). The second-order valence-corrected chi connectivity index (χ2v) is 3.42. The summed E-state index contributed by atoms with van der Waals surface area (Å²) in [6, 6.07) is 22.5. The first kappa shape index (κ1) is 11.1. The van der Waals surface area contributed by atoms with Gasteiger partial charge in [-0.1, -0.05) is 65.8 Å². The van der Waals surface area contributed by atoms with Gasteiger partial charge in [0.2, 0.25) is 0 Å². The number of rotatable bonds is 1. The van der Waals surface area contributed by atoms with Crippen LogP contribution in [-0.2, 0) is 0 Å². The zero-order valence-electron chi connectivity index (χ0n) is 9.36. The molecule has 0 N–H and O–H groups in total. The van der Waals surface area contributed by atoms with Crippen molar-refractivity contribution in [3.8, 4) is 11.1 Å². The molecular formula is C15H13NO. The summed E-state index contributed by atoms with van der Waals surface area (Å²) in [7, 11) is 0. The maximum atomic E-state index is 4.33. The lowest BCUT2D eigenvalue weighted by Crippen LogP contribution is -1.73. The number of benzene rings is 2. The van der Waals surface area contributed by atoms with Crippen molar-refractivity contribution >= 4 is 0 Å². The summed E-state index contributed by atoms with van der Waals surface area (Å²) in [5, 5.41) is 3.35. The van der Waals surface area contributed by atoms with Crippen LogP contribution < -0.4 is 0 Å². The van der Waals surface area contributed by atoms with E-state index in [1.54, 1.807) is 12.3 Å². The Balaban J connectivity index is 0.000000181. The van der Waals surface area contributed by atoms with Crippen LogP contribution in [0.1, 0.15) is 0 Å². The first-order chi connectivity index (χ1) is 8.47. The summed E-state index contributed by atoms with van der Waals surface area (Å²) >= 11 is 0. The third-order valence-corrected chi connectivity index (χ3v) is 2.23. The summed E-state index contributed by atoms with van der Waals surface area (Å²) in [5.74, 6) is 0. The van der Waals surface area contributed by atoms with Gasteiger partial charge in [-0.2, -0.15) is 0 Å². The van der Waals surface area contributed by atoms with E-state index >= 15 is 0 Å².